The van der Waals surface area contributed by atoms with Gasteiger partial charge in [0.1, 0.15) is 22.8 Å². The van der Waals surface area contributed by atoms with Gasteiger partial charge in [0.05, 0.1) is 7.11 Å². The van der Waals surface area contributed by atoms with Gasteiger partial charge in [0.25, 0.3) is 0 Å². The summed E-state index contributed by atoms with van der Waals surface area (Å²) in [6, 6.07) is 2.21. The lowest BCUT2D eigenvalue weighted by Gasteiger charge is -2.19. The van der Waals surface area contributed by atoms with E-state index >= 15 is 0 Å². The summed E-state index contributed by atoms with van der Waals surface area (Å²) in [6.45, 7) is 6.60. The van der Waals surface area contributed by atoms with Crippen molar-refractivity contribution >= 4 is 12.1 Å². The van der Waals surface area contributed by atoms with Gasteiger partial charge in [-0.15, -0.1) is 0 Å². The van der Waals surface area contributed by atoms with Crippen molar-refractivity contribution in [1.29, 1.82) is 0 Å². The Kier molecular flexibility index (Phi) is 7.76. The number of alkyl carbamates (subject to hydrolysis) is 1. The number of hydrogen-bond acceptors (Lipinski definition) is 5. The fourth-order valence-corrected chi connectivity index (χ4v) is 1.99. The lowest BCUT2D eigenvalue weighted by molar-refractivity contribution is 0.0526. The van der Waals surface area contributed by atoms with Crippen LogP contribution < -0.4 is 10.6 Å². The van der Waals surface area contributed by atoms with Crippen LogP contribution in [0, 0.1) is 11.6 Å². The second-order valence-electron chi connectivity index (χ2n) is 6.35. The van der Waals surface area contributed by atoms with Crippen molar-refractivity contribution in [2.45, 2.75) is 32.8 Å². The Bertz CT molecular complexity index is 592. The summed E-state index contributed by atoms with van der Waals surface area (Å²) in [7, 11) is 1.06. The van der Waals surface area contributed by atoms with Crippen molar-refractivity contribution in [2.75, 3.05) is 26.7 Å². The molecule has 0 fully saturated rings. The van der Waals surface area contributed by atoms with Crippen molar-refractivity contribution in [2.24, 2.45) is 0 Å². The summed E-state index contributed by atoms with van der Waals surface area (Å²) in [5.41, 5.74) is -0.835. The Labute approximate surface area is 145 Å². The predicted molar refractivity (Wildman–Crippen MR) is 88.5 cm³/mol. The zero-order valence-corrected chi connectivity index (χ0v) is 14.9. The van der Waals surface area contributed by atoms with Crippen LogP contribution in [0.3, 0.4) is 0 Å². The molecule has 140 valence electrons. The molecule has 1 amide bonds. The first-order valence-electron chi connectivity index (χ1n) is 7.88. The lowest BCUT2D eigenvalue weighted by atomic mass is 10.1. The maximum atomic E-state index is 13.8. The largest absolute Gasteiger partial charge is 0.465 e. The summed E-state index contributed by atoms with van der Waals surface area (Å²) < 4.78 is 37.0. The topological polar surface area (TPSA) is 76.7 Å². The van der Waals surface area contributed by atoms with E-state index < -0.39 is 34.9 Å². The number of halogens is 2. The van der Waals surface area contributed by atoms with Gasteiger partial charge in [-0.05, 0) is 51.4 Å². The monoisotopic (exact) mass is 358 g/mol. The van der Waals surface area contributed by atoms with Gasteiger partial charge in [-0.1, -0.05) is 0 Å². The molecule has 0 heterocycles. The molecular weight excluding hydrogens is 334 g/mol. The van der Waals surface area contributed by atoms with Crippen molar-refractivity contribution in [1.82, 2.24) is 10.6 Å². The van der Waals surface area contributed by atoms with Gasteiger partial charge in [0.15, 0.2) is 0 Å². The molecule has 0 saturated carbocycles. The van der Waals surface area contributed by atoms with Gasteiger partial charge in [-0.25, -0.2) is 18.4 Å². The summed E-state index contributed by atoms with van der Waals surface area (Å²) in [6.07, 6.45) is -0.140. The molecule has 0 spiro atoms. The molecule has 2 N–H and O–H groups in total. The first-order chi connectivity index (χ1) is 11.6. The van der Waals surface area contributed by atoms with Crippen LogP contribution in [-0.2, 0) is 15.9 Å². The SMILES string of the molecule is COC(=O)c1c(F)cc(CCNCCNC(=O)OC(C)(C)C)cc1F. The molecule has 1 rings (SSSR count). The second-order valence-corrected chi connectivity index (χ2v) is 6.35. The number of hydrogen-bond donors (Lipinski definition) is 2. The fraction of sp³-hybridized carbons (Fsp3) is 0.529. The minimum Gasteiger partial charge on any atom is -0.465 e. The summed E-state index contributed by atoms with van der Waals surface area (Å²) in [4.78, 5) is 22.7. The number of carbonyl (C=O) groups excluding carboxylic acids is 2. The Morgan fingerprint density at radius 3 is 2.20 bits per heavy atom. The van der Waals surface area contributed by atoms with Crippen LogP contribution in [0.25, 0.3) is 0 Å². The third kappa shape index (κ3) is 7.47. The zero-order chi connectivity index (χ0) is 19.0. The second kappa shape index (κ2) is 9.31. The highest BCUT2D eigenvalue weighted by molar-refractivity contribution is 5.90. The molecule has 1 aromatic rings. The lowest BCUT2D eigenvalue weighted by Crippen LogP contribution is -2.36. The standard InChI is InChI=1S/C17H24F2N2O4/c1-17(2,3)25-16(23)21-8-7-20-6-5-11-9-12(18)14(13(19)10-11)15(22)24-4/h9-10,20H,5-8H2,1-4H3,(H,21,23). The number of esters is 1. The normalized spacial score (nSPS) is 11.1. The first-order valence-corrected chi connectivity index (χ1v) is 7.88. The molecule has 25 heavy (non-hydrogen) atoms. The fourth-order valence-electron chi connectivity index (χ4n) is 1.99. The Morgan fingerprint density at radius 2 is 1.68 bits per heavy atom. The van der Waals surface area contributed by atoms with Crippen LogP contribution in [-0.4, -0.2) is 44.4 Å². The predicted octanol–water partition coefficient (Wildman–Crippen LogP) is 2.41. The quantitative estimate of drug-likeness (QED) is 0.578. The van der Waals surface area contributed by atoms with E-state index in [1.807, 2.05) is 0 Å². The molecule has 0 aliphatic carbocycles. The smallest absolute Gasteiger partial charge is 0.407 e. The van der Waals surface area contributed by atoms with E-state index in [2.05, 4.69) is 15.4 Å². The van der Waals surface area contributed by atoms with Gasteiger partial charge in [0, 0.05) is 13.1 Å². The van der Waals surface area contributed by atoms with Crippen LogP contribution in [0.4, 0.5) is 13.6 Å². The highest BCUT2D eigenvalue weighted by Gasteiger charge is 2.19. The molecule has 0 bridgehead atoms. The Hall–Kier alpha value is -2.22. The van der Waals surface area contributed by atoms with E-state index in [1.165, 1.54) is 0 Å². The molecule has 6 nitrogen and oxygen atoms in total. The highest BCUT2D eigenvalue weighted by Crippen LogP contribution is 2.16. The first kappa shape index (κ1) is 20.8. The van der Waals surface area contributed by atoms with Crippen LogP contribution in [0.1, 0.15) is 36.7 Å². The number of carbonyl (C=O) groups is 2. The van der Waals surface area contributed by atoms with Gasteiger partial charge in [0.2, 0.25) is 0 Å². The molecule has 0 unspecified atom stereocenters. The average molecular weight is 358 g/mol. The van der Waals surface area contributed by atoms with Crippen molar-refractivity contribution < 1.29 is 27.8 Å². The molecular formula is C17H24F2N2O4. The molecule has 1 aromatic carbocycles. The van der Waals surface area contributed by atoms with Crippen LogP contribution in [0.15, 0.2) is 12.1 Å². The third-order valence-corrected chi connectivity index (χ3v) is 3.05. The molecule has 8 heteroatoms. The molecule has 0 saturated heterocycles. The summed E-state index contributed by atoms with van der Waals surface area (Å²) in [5.74, 6) is -2.95. The number of ether oxygens (including phenoxy) is 2. The third-order valence-electron chi connectivity index (χ3n) is 3.05. The molecule has 0 aromatic heterocycles. The maximum Gasteiger partial charge on any atom is 0.407 e. The number of methoxy groups -OCH3 is 1. The van der Waals surface area contributed by atoms with Gasteiger partial charge < -0.3 is 20.1 Å². The van der Waals surface area contributed by atoms with Gasteiger partial charge in [-0.2, -0.15) is 0 Å². The number of rotatable bonds is 7. The van der Waals surface area contributed by atoms with E-state index in [0.29, 0.717) is 31.6 Å². The number of benzene rings is 1. The maximum absolute atomic E-state index is 13.8. The van der Waals surface area contributed by atoms with Gasteiger partial charge in [-0.3, -0.25) is 0 Å². The van der Waals surface area contributed by atoms with Crippen LogP contribution in [0.2, 0.25) is 0 Å². The van der Waals surface area contributed by atoms with Crippen LogP contribution in [0.5, 0.6) is 0 Å². The molecule has 0 radical (unpaired) electrons. The van der Waals surface area contributed by atoms with E-state index in [-0.39, 0.29) is 0 Å². The Balaban J connectivity index is 2.35. The molecule has 0 aliphatic rings. The molecule has 0 atom stereocenters. The average Bonchev–Trinajstić information content (AvgIpc) is 2.48. The minimum absolute atomic E-state index is 0.360. The summed E-state index contributed by atoms with van der Waals surface area (Å²) in [5, 5.41) is 5.62. The number of nitrogens with one attached hydrogen (secondary N) is 2. The van der Waals surface area contributed by atoms with E-state index in [0.717, 1.165) is 19.2 Å². The highest BCUT2D eigenvalue weighted by atomic mass is 19.1. The minimum atomic E-state index is -1.05. The zero-order valence-electron chi connectivity index (χ0n) is 14.9. The van der Waals surface area contributed by atoms with Crippen molar-refractivity contribution in [3.05, 3.63) is 34.9 Å². The van der Waals surface area contributed by atoms with Crippen molar-refractivity contribution in [3.63, 3.8) is 0 Å². The van der Waals surface area contributed by atoms with Crippen molar-refractivity contribution in [3.8, 4) is 0 Å². The van der Waals surface area contributed by atoms with E-state index in [9.17, 15) is 18.4 Å². The van der Waals surface area contributed by atoms with Crippen LogP contribution >= 0.6 is 0 Å². The van der Waals surface area contributed by atoms with E-state index in [4.69, 9.17) is 4.74 Å². The summed E-state index contributed by atoms with van der Waals surface area (Å²) >= 11 is 0. The molecule has 0 aliphatic heterocycles. The van der Waals surface area contributed by atoms with E-state index in [1.54, 1.807) is 20.8 Å². The number of amides is 1. The Morgan fingerprint density at radius 1 is 1.08 bits per heavy atom. The van der Waals surface area contributed by atoms with Gasteiger partial charge >= 0.3 is 12.1 Å².